The summed E-state index contributed by atoms with van der Waals surface area (Å²) < 4.78 is 0. The first-order chi connectivity index (χ1) is 8.06. The van der Waals surface area contributed by atoms with Crippen LogP contribution >= 0.6 is 0 Å². The van der Waals surface area contributed by atoms with Crippen LogP contribution in [0.1, 0.15) is 43.7 Å². The van der Waals surface area contributed by atoms with Gasteiger partial charge in [0.2, 0.25) is 11.8 Å². The molecular weight excluding hydrogens is 218 g/mol. The minimum absolute atomic E-state index is 0.0977. The lowest BCUT2D eigenvalue weighted by Crippen LogP contribution is -2.42. The molecule has 3 atom stereocenters. The van der Waals surface area contributed by atoms with Gasteiger partial charge < -0.3 is 11.1 Å². The van der Waals surface area contributed by atoms with Crippen molar-refractivity contribution in [3.8, 4) is 0 Å². The molecule has 17 heavy (non-hydrogen) atoms. The van der Waals surface area contributed by atoms with E-state index >= 15 is 0 Å². The van der Waals surface area contributed by atoms with Crippen LogP contribution in [-0.4, -0.2) is 27.1 Å². The molecule has 1 saturated carbocycles. The van der Waals surface area contributed by atoms with Crippen LogP contribution in [0.3, 0.4) is 0 Å². The highest BCUT2D eigenvalue weighted by molar-refractivity contribution is 5.90. The van der Waals surface area contributed by atoms with E-state index in [9.17, 15) is 4.79 Å². The fraction of sp³-hybridized carbons (Fsp3) is 0.727. The van der Waals surface area contributed by atoms with Crippen LogP contribution < -0.4 is 11.1 Å². The van der Waals surface area contributed by atoms with E-state index in [1.807, 2.05) is 0 Å². The summed E-state index contributed by atoms with van der Waals surface area (Å²) in [6, 6.07) is 0.227. The molecule has 0 aromatic carbocycles. The van der Waals surface area contributed by atoms with Crippen LogP contribution in [0.2, 0.25) is 0 Å². The zero-order valence-corrected chi connectivity index (χ0v) is 10.2. The molecule has 1 aromatic rings. The minimum atomic E-state index is -0.222. The molecule has 1 fully saturated rings. The van der Waals surface area contributed by atoms with Gasteiger partial charge in [-0.2, -0.15) is 4.98 Å². The number of nitrogens with two attached hydrogens (primary N) is 1. The van der Waals surface area contributed by atoms with E-state index in [0.29, 0.717) is 5.92 Å². The first kappa shape index (κ1) is 11.9. The second-order valence-corrected chi connectivity index (χ2v) is 5.02. The Morgan fingerprint density at radius 2 is 2.24 bits per heavy atom. The van der Waals surface area contributed by atoms with Gasteiger partial charge in [-0.15, -0.1) is 5.10 Å². The molecule has 0 bridgehead atoms. The summed E-state index contributed by atoms with van der Waals surface area (Å²) in [5.41, 5.74) is 5.36. The molecule has 1 aliphatic carbocycles. The number of aromatic nitrogens is 3. The second-order valence-electron chi connectivity index (χ2n) is 5.02. The van der Waals surface area contributed by atoms with Gasteiger partial charge >= 0.3 is 0 Å². The molecule has 1 amide bonds. The molecule has 1 aliphatic rings. The fourth-order valence-electron chi connectivity index (χ4n) is 2.49. The third-order valence-corrected chi connectivity index (χ3v) is 3.47. The Balaban J connectivity index is 1.95. The van der Waals surface area contributed by atoms with Crippen molar-refractivity contribution in [3.05, 3.63) is 5.82 Å². The average Bonchev–Trinajstić information content (AvgIpc) is 2.69. The van der Waals surface area contributed by atoms with Crippen molar-refractivity contribution in [2.75, 3.05) is 5.73 Å². The zero-order chi connectivity index (χ0) is 12.4. The second kappa shape index (κ2) is 4.73. The lowest BCUT2D eigenvalue weighted by molar-refractivity contribution is 0.0889. The Bertz CT molecular complexity index is 402. The number of H-pyrrole nitrogens is 1. The number of nitrogen functional groups attached to an aromatic ring is 1. The predicted molar refractivity (Wildman–Crippen MR) is 64.2 cm³/mol. The highest BCUT2D eigenvalue weighted by Gasteiger charge is 2.27. The number of carbonyl (C=O) groups is 1. The topological polar surface area (TPSA) is 96.7 Å². The quantitative estimate of drug-likeness (QED) is 0.713. The summed E-state index contributed by atoms with van der Waals surface area (Å²) in [4.78, 5) is 15.7. The number of rotatable bonds is 2. The third-order valence-electron chi connectivity index (χ3n) is 3.47. The van der Waals surface area contributed by atoms with Gasteiger partial charge in [-0.25, -0.2) is 0 Å². The first-order valence-electron chi connectivity index (χ1n) is 6.05. The number of carbonyl (C=O) groups excluding carboxylic acids is 1. The largest absolute Gasteiger partial charge is 0.366 e. The summed E-state index contributed by atoms with van der Waals surface area (Å²) in [5, 5.41) is 9.15. The number of nitrogens with zero attached hydrogens (tertiary/aromatic N) is 2. The van der Waals surface area contributed by atoms with Crippen molar-refractivity contribution in [2.45, 2.75) is 39.2 Å². The average molecular weight is 237 g/mol. The summed E-state index contributed by atoms with van der Waals surface area (Å²) in [5.74, 6) is 1.32. The molecule has 0 aliphatic heterocycles. The number of hydrogen-bond acceptors (Lipinski definition) is 4. The Kier molecular flexibility index (Phi) is 3.31. The Labute approximate surface area is 100 Å². The van der Waals surface area contributed by atoms with Crippen LogP contribution in [0.25, 0.3) is 0 Å². The first-order valence-corrected chi connectivity index (χ1v) is 6.05. The molecular formula is C11H19N5O. The van der Waals surface area contributed by atoms with Crippen molar-refractivity contribution >= 4 is 11.9 Å². The maximum absolute atomic E-state index is 11.9. The van der Waals surface area contributed by atoms with E-state index in [0.717, 1.165) is 25.2 Å². The zero-order valence-electron chi connectivity index (χ0n) is 10.2. The van der Waals surface area contributed by atoms with E-state index in [1.54, 1.807) is 0 Å². The van der Waals surface area contributed by atoms with E-state index in [-0.39, 0.29) is 23.7 Å². The summed E-state index contributed by atoms with van der Waals surface area (Å²) in [7, 11) is 0. The Morgan fingerprint density at radius 1 is 1.47 bits per heavy atom. The van der Waals surface area contributed by atoms with Crippen LogP contribution in [-0.2, 0) is 0 Å². The number of hydrogen-bond donors (Lipinski definition) is 3. The molecule has 6 heteroatoms. The van der Waals surface area contributed by atoms with Crippen LogP contribution in [0.15, 0.2) is 0 Å². The van der Waals surface area contributed by atoms with E-state index in [4.69, 9.17) is 5.73 Å². The molecule has 4 N–H and O–H groups in total. The van der Waals surface area contributed by atoms with Gasteiger partial charge in [-0.05, 0) is 31.1 Å². The van der Waals surface area contributed by atoms with E-state index < -0.39 is 0 Å². The van der Waals surface area contributed by atoms with Gasteiger partial charge in [0.25, 0.3) is 5.91 Å². The number of anilines is 1. The summed E-state index contributed by atoms with van der Waals surface area (Å²) in [6.45, 7) is 4.43. The SMILES string of the molecule is CC1CCC(NC(=O)c2nc(N)n[nH]2)C(C)C1. The van der Waals surface area contributed by atoms with Gasteiger partial charge in [0.05, 0.1) is 0 Å². The molecule has 0 radical (unpaired) electrons. The standard InChI is InChI=1S/C11H19N5O/c1-6-3-4-8(7(2)5-6)13-10(17)9-14-11(12)16-15-9/h6-8H,3-5H2,1-2H3,(H,13,17)(H3,12,14,15,16). The Hall–Kier alpha value is -1.59. The predicted octanol–water partition coefficient (Wildman–Crippen LogP) is 0.941. The summed E-state index contributed by atoms with van der Waals surface area (Å²) >= 11 is 0. The molecule has 94 valence electrons. The van der Waals surface area contributed by atoms with Crippen LogP contribution in [0.4, 0.5) is 5.95 Å². The highest BCUT2D eigenvalue weighted by atomic mass is 16.2. The number of nitrogens with one attached hydrogen (secondary N) is 2. The van der Waals surface area contributed by atoms with E-state index in [1.165, 1.54) is 0 Å². The maximum atomic E-state index is 11.9. The van der Waals surface area contributed by atoms with Crippen molar-refractivity contribution in [3.63, 3.8) is 0 Å². The lowest BCUT2D eigenvalue weighted by Gasteiger charge is -2.32. The van der Waals surface area contributed by atoms with E-state index in [2.05, 4.69) is 34.3 Å². The van der Waals surface area contributed by atoms with Gasteiger partial charge in [-0.1, -0.05) is 13.8 Å². The van der Waals surface area contributed by atoms with Crippen molar-refractivity contribution < 1.29 is 4.79 Å². The van der Waals surface area contributed by atoms with Crippen LogP contribution in [0.5, 0.6) is 0 Å². The van der Waals surface area contributed by atoms with Gasteiger partial charge in [-0.3, -0.25) is 9.89 Å². The molecule has 0 spiro atoms. The molecule has 1 aromatic heterocycles. The molecule has 1 heterocycles. The van der Waals surface area contributed by atoms with Gasteiger partial charge in [0.15, 0.2) is 0 Å². The third kappa shape index (κ3) is 2.75. The Morgan fingerprint density at radius 3 is 2.82 bits per heavy atom. The van der Waals surface area contributed by atoms with Crippen LogP contribution in [0, 0.1) is 11.8 Å². The number of amides is 1. The highest BCUT2D eigenvalue weighted by Crippen LogP contribution is 2.28. The van der Waals surface area contributed by atoms with Gasteiger partial charge in [0, 0.05) is 6.04 Å². The smallest absolute Gasteiger partial charge is 0.288 e. The number of aromatic amines is 1. The van der Waals surface area contributed by atoms with Crippen molar-refractivity contribution in [1.82, 2.24) is 20.5 Å². The normalized spacial score (nSPS) is 28.9. The molecule has 0 saturated heterocycles. The molecule has 6 nitrogen and oxygen atoms in total. The molecule has 2 rings (SSSR count). The van der Waals surface area contributed by atoms with Gasteiger partial charge in [0.1, 0.15) is 0 Å². The minimum Gasteiger partial charge on any atom is -0.366 e. The summed E-state index contributed by atoms with van der Waals surface area (Å²) in [6.07, 6.45) is 3.34. The monoisotopic (exact) mass is 237 g/mol. The lowest BCUT2D eigenvalue weighted by atomic mass is 9.80. The molecule has 3 unspecified atom stereocenters. The van der Waals surface area contributed by atoms with Crippen molar-refractivity contribution in [2.24, 2.45) is 11.8 Å². The fourth-order valence-corrected chi connectivity index (χ4v) is 2.49. The van der Waals surface area contributed by atoms with Crippen molar-refractivity contribution in [1.29, 1.82) is 0 Å². The maximum Gasteiger partial charge on any atom is 0.288 e.